The van der Waals surface area contributed by atoms with E-state index < -0.39 is 5.92 Å². The summed E-state index contributed by atoms with van der Waals surface area (Å²) < 4.78 is 0. The Morgan fingerprint density at radius 2 is 1.46 bits per heavy atom. The quantitative estimate of drug-likeness (QED) is 0.636. The number of amides is 2. The molecule has 26 heavy (non-hydrogen) atoms. The van der Waals surface area contributed by atoms with Crippen molar-refractivity contribution in [2.24, 2.45) is 0 Å². The molecule has 1 unspecified atom stereocenters. The number of carbonyl (C=O) groups excluding carboxylic acids is 2. The maximum atomic E-state index is 13.3. The van der Waals surface area contributed by atoms with E-state index >= 15 is 0 Å². The average molecular weight is 362 g/mol. The lowest BCUT2D eigenvalue weighted by molar-refractivity contribution is -0.130. The van der Waals surface area contributed by atoms with Crippen LogP contribution in [0.15, 0.2) is 78.9 Å². The van der Waals surface area contributed by atoms with E-state index in [1.54, 1.807) is 18.2 Å². The Balaban J connectivity index is 1.80. The number of rotatable bonds is 3. The molecule has 0 spiro atoms. The monoisotopic (exact) mass is 361 g/mol. The lowest BCUT2D eigenvalue weighted by atomic mass is 9.83. The minimum Gasteiger partial charge on any atom is -0.273 e. The van der Waals surface area contributed by atoms with Gasteiger partial charge in [-0.15, -0.1) is 0 Å². The summed E-state index contributed by atoms with van der Waals surface area (Å²) >= 11 is 6.00. The highest BCUT2D eigenvalue weighted by molar-refractivity contribution is 6.30. The molecule has 1 atom stereocenters. The van der Waals surface area contributed by atoms with Crippen molar-refractivity contribution in [2.45, 2.75) is 12.5 Å². The fourth-order valence-corrected chi connectivity index (χ4v) is 3.50. The zero-order chi connectivity index (χ0) is 18.1. The molecule has 1 aliphatic rings. The molecule has 0 aromatic heterocycles. The normalized spacial score (nSPS) is 16.5. The van der Waals surface area contributed by atoms with Crippen LogP contribution in [0.25, 0.3) is 0 Å². The Hall–Kier alpha value is -2.91. The van der Waals surface area contributed by atoms with Crippen LogP contribution < -0.4 is 0 Å². The highest BCUT2D eigenvalue weighted by Crippen LogP contribution is 2.35. The first-order valence-electron chi connectivity index (χ1n) is 8.39. The van der Waals surface area contributed by atoms with E-state index in [0.717, 1.165) is 16.7 Å². The SMILES string of the molecule is O=C1c2ccccc2C(c2ccc(Cl)cc2)C(=O)N1Cc1ccccc1. The fraction of sp³-hybridized carbons (Fsp3) is 0.0909. The molecule has 1 aliphatic heterocycles. The van der Waals surface area contributed by atoms with Crippen molar-refractivity contribution in [3.8, 4) is 0 Å². The third kappa shape index (κ3) is 2.91. The van der Waals surface area contributed by atoms with Crippen molar-refractivity contribution in [2.75, 3.05) is 0 Å². The van der Waals surface area contributed by atoms with Crippen LogP contribution >= 0.6 is 11.6 Å². The molecule has 0 fully saturated rings. The Kier molecular flexibility index (Phi) is 4.31. The summed E-state index contributed by atoms with van der Waals surface area (Å²) in [5.41, 5.74) is 3.07. The molecule has 128 valence electrons. The first kappa shape index (κ1) is 16.6. The summed E-state index contributed by atoms with van der Waals surface area (Å²) in [4.78, 5) is 27.6. The number of fused-ring (bicyclic) bond motifs is 1. The average Bonchev–Trinajstić information content (AvgIpc) is 2.67. The van der Waals surface area contributed by atoms with Crippen molar-refractivity contribution >= 4 is 23.4 Å². The second-order valence-corrected chi connectivity index (χ2v) is 6.72. The number of carbonyl (C=O) groups is 2. The minimum absolute atomic E-state index is 0.208. The molecule has 3 nitrogen and oxygen atoms in total. The van der Waals surface area contributed by atoms with Gasteiger partial charge in [-0.25, -0.2) is 0 Å². The van der Waals surface area contributed by atoms with Gasteiger partial charge in [-0.05, 0) is 34.9 Å². The Morgan fingerprint density at radius 1 is 0.808 bits per heavy atom. The van der Waals surface area contributed by atoms with Crippen LogP contribution in [-0.2, 0) is 11.3 Å². The van der Waals surface area contributed by atoms with Crippen LogP contribution in [0.5, 0.6) is 0 Å². The number of benzene rings is 3. The summed E-state index contributed by atoms with van der Waals surface area (Å²) in [5, 5.41) is 0.613. The van der Waals surface area contributed by atoms with Gasteiger partial charge in [0, 0.05) is 10.6 Å². The summed E-state index contributed by atoms with van der Waals surface area (Å²) in [6, 6.07) is 24.1. The second kappa shape index (κ2) is 6.77. The summed E-state index contributed by atoms with van der Waals surface area (Å²) in [7, 11) is 0. The summed E-state index contributed by atoms with van der Waals surface area (Å²) in [5.74, 6) is -0.968. The third-order valence-corrected chi connectivity index (χ3v) is 4.90. The number of hydrogen-bond donors (Lipinski definition) is 0. The van der Waals surface area contributed by atoms with Crippen LogP contribution in [0, 0.1) is 0 Å². The van der Waals surface area contributed by atoms with Crippen molar-refractivity contribution in [1.29, 1.82) is 0 Å². The van der Waals surface area contributed by atoms with Crippen LogP contribution in [0.4, 0.5) is 0 Å². The van der Waals surface area contributed by atoms with Gasteiger partial charge >= 0.3 is 0 Å². The number of imide groups is 1. The Morgan fingerprint density at radius 3 is 2.19 bits per heavy atom. The highest BCUT2D eigenvalue weighted by Gasteiger charge is 2.39. The molecule has 4 heteroatoms. The lowest BCUT2D eigenvalue weighted by Gasteiger charge is -2.33. The van der Waals surface area contributed by atoms with Gasteiger partial charge in [0.05, 0.1) is 12.5 Å². The molecule has 2 amide bonds. The van der Waals surface area contributed by atoms with Gasteiger partial charge in [0.25, 0.3) is 5.91 Å². The van der Waals surface area contributed by atoms with E-state index in [1.807, 2.05) is 60.7 Å². The Bertz CT molecular complexity index is 967. The maximum Gasteiger partial charge on any atom is 0.261 e. The van der Waals surface area contributed by atoms with Gasteiger partial charge in [-0.1, -0.05) is 72.3 Å². The molecule has 3 aromatic carbocycles. The van der Waals surface area contributed by atoms with Crippen molar-refractivity contribution in [1.82, 2.24) is 4.90 Å². The van der Waals surface area contributed by atoms with Crippen LogP contribution in [0.3, 0.4) is 0 Å². The van der Waals surface area contributed by atoms with E-state index in [1.165, 1.54) is 4.90 Å². The molecule has 0 bridgehead atoms. The van der Waals surface area contributed by atoms with Gasteiger partial charge in [0.15, 0.2) is 0 Å². The van der Waals surface area contributed by atoms with Gasteiger partial charge < -0.3 is 0 Å². The topological polar surface area (TPSA) is 37.4 Å². The summed E-state index contributed by atoms with van der Waals surface area (Å²) in [6.45, 7) is 0.261. The minimum atomic E-state index is -0.509. The molecular weight excluding hydrogens is 346 g/mol. The van der Waals surface area contributed by atoms with Crippen molar-refractivity contribution < 1.29 is 9.59 Å². The Labute approximate surface area is 156 Å². The zero-order valence-corrected chi connectivity index (χ0v) is 14.7. The molecule has 4 rings (SSSR count). The molecule has 0 saturated heterocycles. The first-order valence-corrected chi connectivity index (χ1v) is 8.77. The van der Waals surface area contributed by atoms with E-state index in [4.69, 9.17) is 11.6 Å². The smallest absolute Gasteiger partial charge is 0.261 e. The van der Waals surface area contributed by atoms with Crippen LogP contribution in [-0.4, -0.2) is 16.7 Å². The van der Waals surface area contributed by atoms with Crippen molar-refractivity contribution in [3.63, 3.8) is 0 Å². The summed E-state index contributed by atoms with van der Waals surface area (Å²) in [6.07, 6.45) is 0. The largest absolute Gasteiger partial charge is 0.273 e. The van der Waals surface area contributed by atoms with E-state index in [2.05, 4.69) is 0 Å². The van der Waals surface area contributed by atoms with Crippen LogP contribution in [0.1, 0.15) is 33.0 Å². The van der Waals surface area contributed by atoms with Crippen molar-refractivity contribution in [3.05, 3.63) is 106 Å². The van der Waals surface area contributed by atoms with Gasteiger partial charge in [0.2, 0.25) is 5.91 Å². The molecule has 0 saturated carbocycles. The molecular formula is C22H16ClNO2. The van der Waals surface area contributed by atoms with E-state index in [-0.39, 0.29) is 18.4 Å². The molecule has 3 aromatic rings. The highest BCUT2D eigenvalue weighted by atomic mass is 35.5. The second-order valence-electron chi connectivity index (χ2n) is 6.29. The van der Waals surface area contributed by atoms with Gasteiger partial charge in [-0.3, -0.25) is 14.5 Å². The molecule has 0 radical (unpaired) electrons. The number of hydrogen-bond acceptors (Lipinski definition) is 2. The van der Waals surface area contributed by atoms with Crippen LogP contribution in [0.2, 0.25) is 5.02 Å². The predicted octanol–water partition coefficient (Wildman–Crippen LogP) is 4.65. The standard InChI is InChI=1S/C22H16ClNO2/c23-17-12-10-16(11-13-17)20-18-8-4-5-9-19(18)21(25)24(22(20)26)14-15-6-2-1-3-7-15/h1-13,20H,14H2. The maximum absolute atomic E-state index is 13.3. The van der Waals surface area contributed by atoms with E-state index in [0.29, 0.717) is 10.6 Å². The van der Waals surface area contributed by atoms with Gasteiger partial charge in [-0.2, -0.15) is 0 Å². The molecule has 0 N–H and O–H groups in total. The number of halogens is 1. The first-order chi connectivity index (χ1) is 12.6. The third-order valence-electron chi connectivity index (χ3n) is 4.65. The zero-order valence-electron chi connectivity index (χ0n) is 13.9. The van der Waals surface area contributed by atoms with E-state index in [9.17, 15) is 9.59 Å². The lowest BCUT2D eigenvalue weighted by Crippen LogP contribution is -2.44. The number of nitrogens with zero attached hydrogens (tertiary/aromatic N) is 1. The molecule has 0 aliphatic carbocycles. The molecule has 1 heterocycles. The fourth-order valence-electron chi connectivity index (χ4n) is 3.37. The van der Waals surface area contributed by atoms with Gasteiger partial charge in [0.1, 0.15) is 0 Å². The predicted molar refractivity (Wildman–Crippen MR) is 101 cm³/mol.